The Morgan fingerprint density at radius 1 is 1.70 bits per heavy atom. The smallest absolute Gasteiger partial charge is 0.126 e. The Morgan fingerprint density at radius 3 is 3.10 bits per heavy atom. The Hall–Kier alpha value is -1.00. The van der Waals surface area contributed by atoms with Crippen LogP contribution in [-0.2, 0) is 11.4 Å². The van der Waals surface area contributed by atoms with E-state index in [-0.39, 0.29) is 12.4 Å². The molecule has 0 amide bonds. The summed E-state index contributed by atoms with van der Waals surface area (Å²) in [5.74, 6) is 4.42. The minimum absolute atomic E-state index is 0.137. The van der Waals surface area contributed by atoms with Gasteiger partial charge in [-0.1, -0.05) is 0 Å². The van der Waals surface area contributed by atoms with Crippen LogP contribution >= 0.6 is 0 Å². The van der Waals surface area contributed by atoms with Crippen LogP contribution in [0.15, 0.2) is 18.3 Å². The Labute approximate surface area is 57.6 Å². The molecule has 0 bridgehead atoms. The molecule has 54 valence electrons. The molecule has 0 radical (unpaired) electrons. The molecule has 0 unspecified atom stereocenters. The number of rotatable bonds is 2. The average molecular weight is 142 g/mol. The average Bonchev–Trinajstić information content (AvgIpc) is 1.88. The van der Waals surface area contributed by atoms with Crippen molar-refractivity contribution in [1.29, 1.82) is 0 Å². The molecule has 0 atom stereocenters. The molecule has 10 heavy (non-hydrogen) atoms. The summed E-state index contributed by atoms with van der Waals surface area (Å²) in [5.41, 5.74) is 0.488. The van der Waals surface area contributed by atoms with E-state index >= 15 is 0 Å². The molecule has 1 rings (SSSR count). The summed E-state index contributed by atoms with van der Waals surface area (Å²) in [4.78, 5) is 8.04. The van der Waals surface area contributed by atoms with Gasteiger partial charge in [0.2, 0.25) is 0 Å². The van der Waals surface area contributed by atoms with Gasteiger partial charge in [0, 0.05) is 6.20 Å². The van der Waals surface area contributed by atoms with E-state index in [1.165, 1.54) is 18.3 Å². The van der Waals surface area contributed by atoms with Gasteiger partial charge in [0.25, 0.3) is 0 Å². The number of aromatic nitrogens is 1. The van der Waals surface area contributed by atoms with Crippen molar-refractivity contribution >= 4 is 0 Å². The molecule has 1 aromatic heterocycles. The Kier molecular flexibility index (Phi) is 2.30. The van der Waals surface area contributed by atoms with Crippen molar-refractivity contribution in [1.82, 2.24) is 4.98 Å². The highest BCUT2D eigenvalue weighted by Crippen LogP contribution is 1.98. The van der Waals surface area contributed by atoms with Crippen LogP contribution < -0.4 is 5.90 Å². The predicted molar refractivity (Wildman–Crippen MR) is 33.2 cm³/mol. The van der Waals surface area contributed by atoms with E-state index in [0.29, 0.717) is 5.69 Å². The normalized spacial score (nSPS) is 9.80. The number of nitrogens with two attached hydrogens (primary N) is 1. The van der Waals surface area contributed by atoms with Crippen molar-refractivity contribution < 1.29 is 9.23 Å². The number of halogens is 1. The fourth-order valence-electron chi connectivity index (χ4n) is 0.613. The standard InChI is InChI=1S/C6H7FN2O/c7-5-1-2-9-6(3-5)4-10-8/h1-3H,4,8H2. The third-order valence-electron chi connectivity index (χ3n) is 1.01. The van der Waals surface area contributed by atoms with Gasteiger partial charge in [-0.15, -0.1) is 0 Å². The van der Waals surface area contributed by atoms with E-state index in [9.17, 15) is 4.39 Å². The van der Waals surface area contributed by atoms with E-state index in [1.807, 2.05) is 0 Å². The zero-order valence-corrected chi connectivity index (χ0v) is 5.25. The first-order chi connectivity index (χ1) is 4.83. The lowest BCUT2D eigenvalue weighted by atomic mass is 10.4. The molecular weight excluding hydrogens is 135 g/mol. The van der Waals surface area contributed by atoms with Crippen LogP contribution in [0.1, 0.15) is 5.69 Å². The lowest BCUT2D eigenvalue weighted by Gasteiger charge is -1.95. The maximum absolute atomic E-state index is 12.4. The molecule has 0 aromatic carbocycles. The summed E-state index contributed by atoms with van der Waals surface area (Å²) in [7, 11) is 0. The first kappa shape index (κ1) is 7.11. The van der Waals surface area contributed by atoms with E-state index < -0.39 is 0 Å². The summed E-state index contributed by atoms with van der Waals surface area (Å²) in [6.45, 7) is 0.137. The Balaban J connectivity index is 2.75. The topological polar surface area (TPSA) is 48.1 Å². The number of hydrogen-bond acceptors (Lipinski definition) is 3. The third kappa shape index (κ3) is 1.75. The van der Waals surface area contributed by atoms with Gasteiger partial charge in [-0.25, -0.2) is 10.3 Å². The second-order valence-corrected chi connectivity index (χ2v) is 1.78. The van der Waals surface area contributed by atoms with Crippen LogP contribution in [0.3, 0.4) is 0 Å². The van der Waals surface area contributed by atoms with Gasteiger partial charge >= 0.3 is 0 Å². The summed E-state index contributed by atoms with van der Waals surface area (Å²) >= 11 is 0. The van der Waals surface area contributed by atoms with Crippen molar-refractivity contribution in [2.75, 3.05) is 0 Å². The van der Waals surface area contributed by atoms with Crippen LogP contribution in [0.25, 0.3) is 0 Å². The predicted octanol–water partition coefficient (Wildman–Crippen LogP) is 0.611. The van der Waals surface area contributed by atoms with Gasteiger partial charge in [-0.2, -0.15) is 0 Å². The molecular formula is C6H7FN2O. The largest absolute Gasteiger partial charge is 0.298 e. The molecule has 2 N–H and O–H groups in total. The van der Waals surface area contributed by atoms with Crippen LogP contribution in [0.2, 0.25) is 0 Å². The number of pyridine rings is 1. The first-order valence-corrected chi connectivity index (χ1v) is 2.75. The zero-order chi connectivity index (χ0) is 7.40. The van der Waals surface area contributed by atoms with Crippen molar-refractivity contribution in [3.63, 3.8) is 0 Å². The molecule has 0 aliphatic carbocycles. The van der Waals surface area contributed by atoms with Crippen LogP contribution in [0.4, 0.5) is 4.39 Å². The second-order valence-electron chi connectivity index (χ2n) is 1.78. The highest BCUT2D eigenvalue weighted by molar-refractivity contribution is 5.04. The van der Waals surface area contributed by atoms with Crippen LogP contribution in [0.5, 0.6) is 0 Å². The van der Waals surface area contributed by atoms with Crippen molar-refractivity contribution in [3.8, 4) is 0 Å². The number of nitrogens with zero attached hydrogens (tertiary/aromatic N) is 1. The highest BCUT2D eigenvalue weighted by atomic mass is 19.1. The maximum atomic E-state index is 12.4. The summed E-state index contributed by atoms with van der Waals surface area (Å²) in [6, 6.07) is 2.53. The first-order valence-electron chi connectivity index (χ1n) is 2.75. The van der Waals surface area contributed by atoms with Crippen LogP contribution in [0, 0.1) is 5.82 Å². The molecule has 0 fully saturated rings. The molecule has 0 saturated carbocycles. The van der Waals surface area contributed by atoms with Crippen molar-refractivity contribution in [2.24, 2.45) is 5.90 Å². The molecule has 0 saturated heterocycles. The molecule has 0 aliphatic heterocycles. The molecule has 0 spiro atoms. The summed E-state index contributed by atoms with van der Waals surface area (Å²) in [6.07, 6.45) is 1.36. The second kappa shape index (κ2) is 3.24. The van der Waals surface area contributed by atoms with Gasteiger partial charge in [0.1, 0.15) is 12.4 Å². The monoisotopic (exact) mass is 142 g/mol. The van der Waals surface area contributed by atoms with E-state index in [4.69, 9.17) is 5.90 Å². The minimum atomic E-state index is -0.331. The van der Waals surface area contributed by atoms with Crippen molar-refractivity contribution in [3.05, 3.63) is 29.8 Å². The van der Waals surface area contributed by atoms with E-state index in [1.54, 1.807) is 0 Å². The summed E-state index contributed by atoms with van der Waals surface area (Å²) < 4.78 is 12.4. The highest BCUT2D eigenvalue weighted by Gasteiger charge is 1.93. The van der Waals surface area contributed by atoms with Gasteiger partial charge < -0.3 is 0 Å². The fraction of sp³-hybridized carbons (Fsp3) is 0.167. The molecule has 3 nitrogen and oxygen atoms in total. The molecule has 4 heteroatoms. The van der Waals surface area contributed by atoms with Gasteiger partial charge in [0.15, 0.2) is 0 Å². The van der Waals surface area contributed by atoms with E-state index in [2.05, 4.69) is 9.82 Å². The molecule has 1 aromatic rings. The fourth-order valence-corrected chi connectivity index (χ4v) is 0.613. The Morgan fingerprint density at radius 2 is 2.50 bits per heavy atom. The lowest BCUT2D eigenvalue weighted by molar-refractivity contribution is 0.121. The minimum Gasteiger partial charge on any atom is -0.298 e. The van der Waals surface area contributed by atoms with Gasteiger partial charge in [-0.05, 0) is 12.1 Å². The van der Waals surface area contributed by atoms with E-state index in [0.717, 1.165) is 0 Å². The Bertz CT molecular complexity index is 217. The third-order valence-corrected chi connectivity index (χ3v) is 1.01. The summed E-state index contributed by atoms with van der Waals surface area (Å²) in [5, 5.41) is 0. The SMILES string of the molecule is NOCc1cc(F)ccn1. The van der Waals surface area contributed by atoms with Crippen LogP contribution in [-0.4, -0.2) is 4.98 Å². The van der Waals surface area contributed by atoms with Crippen molar-refractivity contribution in [2.45, 2.75) is 6.61 Å². The lowest BCUT2D eigenvalue weighted by Crippen LogP contribution is -2.00. The zero-order valence-electron chi connectivity index (χ0n) is 5.25. The number of hydrogen-bond donors (Lipinski definition) is 1. The quantitative estimate of drug-likeness (QED) is 0.615. The van der Waals surface area contributed by atoms with Gasteiger partial charge in [-0.3, -0.25) is 9.82 Å². The molecule has 1 heterocycles. The van der Waals surface area contributed by atoms with Gasteiger partial charge in [0.05, 0.1) is 5.69 Å². The molecule has 0 aliphatic rings. The maximum Gasteiger partial charge on any atom is 0.126 e.